The number of rotatable bonds is 4. The van der Waals surface area contributed by atoms with E-state index in [1.807, 2.05) is 4.90 Å². The molecule has 1 unspecified atom stereocenters. The number of alkyl halides is 1. The van der Waals surface area contributed by atoms with Crippen LogP contribution in [0.4, 0.5) is 0 Å². The third-order valence-electron chi connectivity index (χ3n) is 4.14. The fourth-order valence-corrected chi connectivity index (χ4v) is 3.12. The van der Waals surface area contributed by atoms with Gasteiger partial charge in [-0.2, -0.15) is 0 Å². The van der Waals surface area contributed by atoms with Gasteiger partial charge in [-0.1, -0.05) is 0 Å². The minimum absolute atomic E-state index is 0.303. The van der Waals surface area contributed by atoms with Crippen molar-refractivity contribution in [1.29, 1.82) is 0 Å². The zero-order chi connectivity index (χ0) is 12.8. The number of carbonyl (C=O) groups is 1. The van der Waals surface area contributed by atoms with E-state index in [0.717, 1.165) is 51.3 Å². The fourth-order valence-electron chi connectivity index (χ4n) is 2.81. The fraction of sp³-hybridized carbons (Fsp3) is 0.929. The van der Waals surface area contributed by atoms with Crippen LogP contribution in [0.1, 0.15) is 44.9 Å². The van der Waals surface area contributed by atoms with Gasteiger partial charge in [0.1, 0.15) is 0 Å². The lowest BCUT2D eigenvalue weighted by Gasteiger charge is -2.31. The number of piperidine rings is 1. The Morgan fingerprint density at radius 2 is 2.00 bits per heavy atom. The second kappa shape index (κ2) is 7.34. The molecule has 0 radical (unpaired) electrons. The van der Waals surface area contributed by atoms with Gasteiger partial charge in [0.25, 0.3) is 0 Å². The third kappa shape index (κ3) is 4.13. The summed E-state index contributed by atoms with van der Waals surface area (Å²) >= 11 is 5.85. The van der Waals surface area contributed by atoms with Gasteiger partial charge in [-0.15, -0.1) is 11.6 Å². The average Bonchev–Trinajstić information content (AvgIpc) is 2.46. The number of carbonyl (C=O) groups excluding carboxylic acids is 1. The van der Waals surface area contributed by atoms with E-state index in [1.54, 1.807) is 0 Å². The van der Waals surface area contributed by atoms with Crippen molar-refractivity contribution in [2.45, 2.75) is 51.0 Å². The molecule has 2 fully saturated rings. The number of ether oxygens (including phenoxy) is 1. The maximum atomic E-state index is 12.1. The predicted molar refractivity (Wildman–Crippen MR) is 72.8 cm³/mol. The summed E-state index contributed by atoms with van der Waals surface area (Å²) in [5.74, 6) is 1.65. The Morgan fingerprint density at radius 1 is 1.22 bits per heavy atom. The molecule has 0 saturated carbocycles. The molecule has 0 aromatic carbocycles. The Labute approximate surface area is 115 Å². The van der Waals surface area contributed by atoms with E-state index in [-0.39, 0.29) is 0 Å². The highest BCUT2D eigenvalue weighted by atomic mass is 35.5. The molecule has 3 nitrogen and oxygen atoms in total. The molecule has 0 spiro atoms. The van der Waals surface area contributed by atoms with Gasteiger partial charge in [0.2, 0.25) is 5.91 Å². The molecule has 1 atom stereocenters. The largest absolute Gasteiger partial charge is 0.378 e. The average molecular weight is 274 g/mol. The minimum Gasteiger partial charge on any atom is -0.378 e. The Morgan fingerprint density at radius 3 is 2.61 bits per heavy atom. The second-order valence-corrected chi connectivity index (χ2v) is 5.81. The molecule has 0 N–H and O–H groups in total. The SMILES string of the molecule is O=C(CCC1CCCCO1)N1CCC(CCl)CC1. The van der Waals surface area contributed by atoms with E-state index < -0.39 is 0 Å². The van der Waals surface area contributed by atoms with E-state index in [0.29, 0.717) is 24.3 Å². The quantitative estimate of drug-likeness (QED) is 0.737. The number of halogens is 1. The maximum Gasteiger partial charge on any atom is 0.222 e. The summed E-state index contributed by atoms with van der Waals surface area (Å²) in [6.45, 7) is 2.66. The molecule has 2 aliphatic rings. The smallest absolute Gasteiger partial charge is 0.222 e. The molecular formula is C14H24ClNO2. The van der Waals surface area contributed by atoms with Crippen molar-refractivity contribution in [3.63, 3.8) is 0 Å². The molecule has 2 aliphatic heterocycles. The molecule has 2 rings (SSSR count). The maximum absolute atomic E-state index is 12.1. The number of hydrogen-bond acceptors (Lipinski definition) is 2. The van der Waals surface area contributed by atoms with Crippen molar-refractivity contribution in [2.75, 3.05) is 25.6 Å². The van der Waals surface area contributed by atoms with E-state index >= 15 is 0 Å². The van der Waals surface area contributed by atoms with Crippen LogP contribution >= 0.6 is 11.6 Å². The molecule has 0 aromatic heterocycles. The van der Waals surface area contributed by atoms with Crippen LogP contribution in [0.25, 0.3) is 0 Å². The highest BCUT2D eigenvalue weighted by Gasteiger charge is 2.23. The standard InChI is InChI=1S/C14H24ClNO2/c15-11-12-6-8-16(9-7-12)14(17)5-4-13-3-1-2-10-18-13/h12-13H,1-11H2. The van der Waals surface area contributed by atoms with E-state index in [4.69, 9.17) is 16.3 Å². The van der Waals surface area contributed by atoms with Gasteiger partial charge < -0.3 is 9.64 Å². The Bertz CT molecular complexity index is 259. The number of nitrogens with zero attached hydrogens (tertiary/aromatic N) is 1. The van der Waals surface area contributed by atoms with Crippen molar-refractivity contribution in [2.24, 2.45) is 5.92 Å². The molecule has 2 saturated heterocycles. The highest BCUT2D eigenvalue weighted by Crippen LogP contribution is 2.21. The Kier molecular flexibility index (Phi) is 5.77. The van der Waals surface area contributed by atoms with Gasteiger partial charge in [-0.3, -0.25) is 4.79 Å². The monoisotopic (exact) mass is 273 g/mol. The lowest BCUT2D eigenvalue weighted by atomic mass is 9.98. The molecule has 1 amide bonds. The lowest BCUT2D eigenvalue weighted by molar-refractivity contribution is -0.133. The minimum atomic E-state index is 0.303. The van der Waals surface area contributed by atoms with E-state index in [1.165, 1.54) is 12.8 Å². The van der Waals surface area contributed by atoms with Gasteiger partial charge in [0, 0.05) is 32.0 Å². The van der Waals surface area contributed by atoms with Crippen LogP contribution < -0.4 is 0 Å². The zero-order valence-electron chi connectivity index (χ0n) is 11.1. The van der Waals surface area contributed by atoms with E-state index in [9.17, 15) is 4.79 Å². The van der Waals surface area contributed by atoms with Gasteiger partial charge in [0.15, 0.2) is 0 Å². The van der Waals surface area contributed by atoms with Crippen molar-refractivity contribution >= 4 is 17.5 Å². The van der Waals surface area contributed by atoms with Crippen LogP contribution in [-0.2, 0) is 9.53 Å². The summed E-state index contributed by atoms with van der Waals surface area (Å²) in [4.78, 5) is 14.1. The number of amides is 1. The van der Waals surface area contributed by atoms with Gasteiger partial charge >= 0.3 is 0 Å². The van der Waals surface area contributed by atoms with Crippen molar-refractivity contribution in [3.8, 4) is 0 Å². The predicted octanol–water partition coefficient (Wildman–Crippen LogP) is 2.81. The molecule has 18 heavy (non-hydrogen) atoms. The molecule has 0 aliphatic carbocycles. The first kappa shape index (κ1) is 14.1. The second-order valence-electron chi connectivity index (χ2n) is 5.51. The summed E-state index contributed by atoms with van der Waals surface area (Å²) in [5.41, 5.74) is 0. The Hall–Kier alpha value is -0.280. The summed E-state index contributed by atoms with van der Waals surface area (Å²) in [7, 11) is 0. The van der Waals surface area contributed by atoms with Crippen molar-refractivity contribution in [1.82, 2.24) is 4.90 Å². The summed E-state index contributed by atoms with van der Waals surface area (Å²) < 4.78 is 5.66. The molecule has 4 heteroatoms. The lowest BCUT2D eigenvalue weighted by Crippen LogP contribution is -2.39. The van der Waals surface area contributed by atoms with Gasteiger partial charge in [-0.05, 0) is 44.4 Å². The first-order valence-corrected chi connectivity index (χ1v) is 7.78. The van der Waals surface area contributed by atoms with Crippen LogP contribution in [0.3, 0.4) is 0 Å². The third-order valence-corrected chi connectivity index (χ3v) is 4.58. The van der Waals surface area contributed by atoms with Crippen LogP contribution in [0.2, 0.25) is 0 Å². The molecule has 0 bridgehead atoms. The molecule has 2 heterocycles. The zero-order valence-corrected chi connectivity index (χ0v) is 11.8. The van der Waals surface area contributed by atoms with Crippen molar-refractivity contribution < 1.29 is 9.53 Å². The molecular weight excluding hydrogens is 250 g/mol. The topological polar surface area (TPSA) is 29.5 Å². The van der Waals surface area contributed by atoms with E-state index in [2.05, 4.69) is 0 Å². The first-order chi connectivity index (χ1) is 8.79. The summed E-state index contributed by atoms with van der Waals surface area (Å²) in [5, 5.41) is 0. The molecule has 104 valence electrons. The van der Waals surface area contributed by atoms with Gasteiger partial charge in [0.05, 0.1) is 6.10 Å². The number of hydrogen-bond donors (Lipinski definition) is 0. The first-order valence-electron chi connectivity index (χ1n) is 7.25. The Balaban J connectivity index is 1.65. The van der Waals surface area contributed by atoms with Crippen LogP contribution in [0.15, 0.2) is 0 Å². The summed E-state index contributed by atoms with van der Waals surface area (Å²) in [6.07, 6.45) is 7.55. The summed E-state index contributed by atoms with van der Waals surface area (Å²) in [6, 6.07) is 0. The van der Waals surface area contributed by atoms with Gasteiger partial charge in [-0.25, -0.2) is 0 Å². The van der Waals surface area contributed by atoms with Crippen LogP contribution in [-0.4, -0.2) is 42.5 Å². The highest BCUT2D eigenvalue weighted by molar-refractivity contribution is 6.18. The normalized spacial score (nSPS) is 26.3. The molecule has 0 aromatic rings. The van der Waals surface area contributed by atoms with Crippen molar-refractivity contribution in [3.05, 3.63) is 0 Å². The van der Waals surface area contributed by atoms with Crippen LogP contribution in [0.5, 0.6) is 0 Å². The number of likely N-dealkylation sites (tertiary alicyclic amines) is 1. The van der Waals surface area contributed by atoms with Crippen LogP contribution in [0, 0.1) is 5.92 Å².